The van der Waals surface area contributed by atoms with Gasteiger partial charge in [-0.25, -0.2) is 0 Å². The van der Waals surface area contributed by atoms with Crippen LogP contribution in [0, 0.1) is 0 Å². The molecule has 0 saturated heterocycles. The molecule has 0 fully saturated rings. The Morgan fingerprint density at radius 3 is 2.56 bits per heavy atom. The van der Waals surface area contributed by atoms with Gasteiger partial charge in [0.2, 0.25) is 5.91 Å². The van der Waals surface area contributed by atoms with E-state index in [1.165, 1.54) is 4.88 Å². The minimum absolute atomic E-state index is 0.0405. The number of rotatable bonds is 6. The average Bonchev–Trinajstić information content (AvgIpc) is 3.39. The van der Waals surface area contributed by atoms with Crippen molar-refractivity contribution in [2.45, 2.75) is 38.8 Å². The average molecular weight is 517 g/mol. The molecule has 0 spiro atoms. The zero-order chi connectivity index (χ0) is 25.2. The van der Waals surface area contributed by atoms with E-state index in [1.54, 1.807) is 16.2 Å². The summed E-state index contributed by atoms with van der Waals surface area (Å²) in [6, 6.07) is 23.3. The van der Waals surface area contributed by atoms with E-state index >= 15 is 0 Å². The lowest BCUT2D eigenvalue weighted by atomic mass is 9.93. The molecule has 2 heterocycles. The standard InChI is InChI=1S/C30H29ClN2O2S/c1-3-20(2)33(30(35)24-9-8-21-6-4-5-7-23(21)18-24)19-28(34)32-16-14-27-26(15-17-36-27)29(32)22-10-12-25(31)13-11-22/h4-13,15,17-18,20,29H,3,14,16,19H2,1-2H3. The Labute approximate surface area is 221 Å². The van der Waals surface area contributed by atoms with Gasteiger partial charge in [0.25, 0.3) is 5.91 Å². The topological polar surface area (TPSA) is 40.6 Å². The minimum Gasteiger partial charge on any atom is -0.330 e. The van der Waals surface area contributed by atoms with Crippen molar-refractivity contribution in [3.8, 4) is 0 Å². The van der Waals surface area contributed by atoms with E-state index in [0.29, 0.717) is 17.1 Å². The van der Waals surface area contributed by atoms with Crippen molar-refractivity contribution >= 4 is 45.5 Å². The van der Waals surface area contributed by atoms with Gasteiger partial charge in [-0.3, -0.25) is 9.59 Å². The Kier molecular flexibility index (Phi) is 7.13. The van der Waals surface area contributed by atoms with Gasteiger partial charge in [-0.15, -0.1) is 11.3 Å². The summed E-state index contributed by atoms with van der Waals surface area (Å²) in [4.78, 5) is 32.5. The highest BCUT2D eigenvalue weighted by molar-refractivity contribution is 7.10. The van der Waals surface area contributed by atoms with Crippen LogP contribution >= 0.6 is 22.9 Å². The van der Waals surface area contributed by atoms with Gasteiger partial charge in [0.1, 0.15) is 6.54 Å². The lowest BCUT2D eigenvalue weighted by Crippen LogP contribution is -2.49. The first-order chi connectivity index (χ1) is 17.5. The number of halogens is 1. The van der Waals surface area contributed by atoms with Crippen molar-refractivity contribution in [3.63, 3.8) is 0 Å². The van der Waals surface area contributed by atoms with E-state index in [9.17, 15) is 9.59 Å². The Morgan fingerprint density at radius 1 is 1.06 bits per heavy atom. The number of amides is 2. The largest absolute Gasteiger partial charge is 0.330 e. The van der Waals surface area contributed by atoms with Crippen molar-refractivity contribution in [2.75, 3.05) is 13.1 Å². The van der Waals surface area contributed by atoms with E-state index in [2.05, 4.69) is 11.4 Å². The molecule has 5 rings (SSSR count). The van der Waals surface area contributed by atoms with Gasteiger partial charge in [0, 0.05) is 28.0 Å². The van der Waals surface area contributed by atoms with Crippen molar-refractivity contribution in [1.82, 2.24) is 9.80 Å². The second kappa shape index (κ2) is 10.5. The lowest BCUT2D eigenvalue weighted by Gasteiger charge is -2.38. The monoisotopic (exact) mass is 516 g/mol. The summed E-state index contributed by atoms with van der Waals surface area (Å²) < 4.78 is 0. The predicted molar refractivity (Wildman–Crippen MR) is 148 cm³/mol. The summed E-state index contributed by atoms with van der Waals surface area (Å²) >= 11 is 7.89. The predicted octanol–water partition coefficient (Wildman–Crippen LogP) is 6.97. The zero-order valence-electron chi connectivity index (χ0n) is 20.5. The van der Waals surface area contributed by atoms with E-state index in [0.717, 1.165) is 34.7 Å². The molecule has 1 aliphatic heterocycles. The van der Waals surface area contributed by atoms with Crippen LogP contribution in [0.2, 0.25) is 5.02 Å². The first kappa shape index (κ1) is 24.5. The van der Waals surface area contributed by atoms with Crippen LogP contribution in [-0.2, 0) is 11.2 Å². The van der Waals surface area contributed by atoms with Crippen molar-refractivity contribution < 1.29 is 9.59 Å². The van der Waals surface area contributed by atoms with E-state index in [4.69, 9.17) is 11.6 Å². The van der Waals surface area contributed by atoms with Crippen molar-refractivity contribution in [1.29, 1.82) is 0 Å². The van der Waals surface area contributed by atoms with Crippen LogP contribution in [0.25, 0.3) is 10.8 Å². The van der Waals surface area contributed by atoms with Gasteiger partial charge < -0.3 is 9.80 Å². The maximum absolute atomic E-state index is 13.9. The van der Waals surface area contributed by atoms with Crippen molar-refractivity contribution in [3.05, 3.63) is 105 Å². The highest BCUT2D eigenvalue weighted by atomic mass is 35.5. The zero-order valence-corrected chi connectivity index (χ0v) is 22.1. The molecule has 184 valence electrons. The third-order valence-electron chi connectivity index (χ3n) is 7.16. The Balaban J connectivity index is 1.45. The van der Waals surface area contributed by atoms with Gasteiger partial charge >= 0.3 is 0 Å². The molecule has 2 amide bonds. The number of nitrogens with zero attached hydrogens (tertiary/aromatic N) is 2. The van der Waals surface area contributed by atoms with Crippen LogP contribution in [0.3, 0.4) is 0 Å². The number of benzene rings is 3. The summed E-state index contributed by atoms with van der Waals surface area (Å²) in [6.07, 6.45) is 1.59. The molecule has 4 nitrogen and oxygen atoms in total. The summed E-state index contributed by atoms with van der Waals surface area (Å²) in [5.41, 5.74) is 2.80. The van der Waals surface area contributed by atoms with Crippen LogP contribution in [0.4, 0.5) is 0 Å². The lowest BCUT2D eigenvalue weighted by molar-refractivity contribution is -0.134. The van der Waals surface area contributed by atoms with Crippen LogP contribution in [-0.4, -0.2) is 40.7 Å². The van der Waals surface area contributed by atoms with E-state index < -0.39 is 0 Å². The highest BCUT2D eigenvalue weighted by Crippen LogP contribution is 2.38. The molecule has 1 aliphatic rings. The molecule has 2 atom stereocenters. The molecule has 3 aromatic carbocycles. The molecule has 36 heavy (non-hydrogen) atoms. The highest BCUT2D eigenvalue weighted by Gasteiger charge is 2.34. The van der Waals surface area contributed by atoms with Crippen LogP contribution in [0.1, 0.15) is 52.7 Å². The first-order valence-corrected chi connectivity index (χ1v) is 13.6. The Bertz CT molecular complexity index is 1400. The normalized spacial score (nSPS) is 16.0. The maximum Gasteiger partial charge on any atom is 0.254 e. The number of carbonyl (C=O) groups excluding carboxylic acids is 2. The van der Waals surface area contributed by atoms with Gasteiger partial charge in [0.05, 0.1) is 6.04 Å². The van der Waals surface area contributed by atoms with Crippen molar-refractivity contribution in [2.24, 2.45) is 0 Å². The van der Waals surface area contributed by atoms with Crippen LogP contribution in [0.5, 0.6) is 0 Å². The molecule has 4 aromatic rings. The molecule has 0 aliphatic carbocycles. The summed E-state index contributed by atoms with van der Waals surface area (Å²) in [6.45, 7) is 4.73. The second-order valence-corrected chi connectivity index (χ2v) is 10.8. The fraction of sp³-hybridized carbons (Fsp3) is 0.267. The summed E-state index contributed by atoms with van der Waals surface area (Å²) in [5.74, 6) is -0.152. The van der Waals surface area contributed by atoms with Gasteiger partial charge in [0.15, 0.2) is 0 Å². The second-order valence-electron chi connectivity index (χ2n) is 9.34. The fourth-order valence-corrected chi connectivity index (χ4v) is 5.99. The van der Waals surface area contributed by atoms with Gasteiger partial charge in [-0.05, 0) is 77.4 Å². The molecular formula is C30H29ClN2O2S. The third kappa shape index (κ3) is 4.78. The first-order valence-electron chi connectivity index (χ1n) is 12.4. The number of hydrogen-bond acceptors (Lipinski definition) is 3. The van der Waals surface area contributed by atoms with Gasteiger partial charge in [-0.2, -0.15) is 0 Å². The number of thiophene rings is 1. The molecular weight excluding hydrogens is 488 g/mol. The molecule has 0 N–H and O–H groups in total. The fourth-order valence-electron chi connectivity index (χ4n) is 4.96. The molecule has 0 saturated carbocycles. The van der Waals surface area contributed by atoms with Crippen LogP contribution < -0.4 is 0 Å². The molecule has 2 unspecified atom stereocenters. The SMILES string of the molecule is CCC(C)N(CC(=O)N1CCc2sccc2C1c1ccc(Cl)cc1)C(=O)c1ccc2ccccc2c1. The molecule has 6 heteroatoms. The quantitative estimate of drug-likeness (QED) is 0.277. The minimum atomic E-state index is -0.181. The molecule has 1 aromatic heterocycles. The number of carbonyl (C=O) groups is 2. The number of fused-ring (bicyclic) bond motifs is 2. The summed E-state index contributed by atoms with van der Waals surface area (Å²) in [7, 11) is 0. The summed E-state index contributed by atoms with van der Waals surface area (Å²) in [5, 5.41) is 4.87. The Hall–Kier alpha value is -3.15. The number of hydrogen-bond donors (Lipinski definition) is 0. The Morgan fingerprint density at radius 2 is 1.81 bits per heavy atom. The maximum atomic E-state index is 13.9. The van der Waals surface area contributed by atoms with Crippen LogP contribution in [0.15, 0.2) is 78.2 Å². The van der Waals surface area contributed by atoms with E-state index in [1.807, 2.05) is 85.5 Å². The van der Waals surface area contributed by atoms with E-state index in [-0.39, 0.29) is 30.4 Å². The van der Waals surface area contributed by atoms with Gasteiger partial charge in [-0.1, -0.05) is 61.0 Å². The smallest absolute Gasteiger partial charge is 0.254 e. The molecule has 0 bridgehead atoms. The molecule has 0 radical (unpaired) electrons. The third-order valence-corrected chi connectivity index (χ3v) is 8.41.